The molecule has 55 heavy (non-hydrogen) atoms. The monoisotopic (exact) mass is 740 g/mol. The van der Waals surface area contributed by atoms with E-state index in [1.807, 2.05) is 84.9 Å². The number of methoxy groups -OCH3 is 1. The van der Waals surface area contributed by atoms with Crippen molar-refractivity contribution in [1.82, 2.24) is 10.2 Å². The number of alkyl carbamates (subject to hydrolysis) is 1. The Hall–Kier alpha value is -6.26. The first-order valence-electron chi connectivity index (χ1n) is 18.0. The van der Waals surface area contributed by atoms with Gasteiger partial charge in [-0.05, 0) is 73.9 Å². The number of fused-ring (bicyclic) bond motifs is 1. The quantitative estimate of drug-likeness (QED) is 0.0700. The van der Waals surface area contributed by atoms with E-state index >= 15 is 0 Å². The standard InChI is InChI=1S/C45H44N2O8/c1-43(2,3)55-42(51)46-28-44(30-53-41(50)32-16-8-5-9-17-32,29-47-39(48)37-22-14-15-23-38(37)40(47)49)31-54-45(33-18-10-6-11-19-33,34-20-12-7-13-21-34)35-24-26-36(52-4)27-25-35/h5-27H,28-31H2,1-4H3,(H,46,51). The van der Waals surface area contributed by atoms with Gasteiger partial charge in [0.05, 0.1) is 35.8 Å². The minimum absolute atomic E-state index is 0.209. The van der Waals surface area contributed by atoms with Crippen LogP contribution in [0.3, 0.4) is 0 Å². The van der Waals surface area contributed by atoms with Crippen molar-refractivity contribution in [3.05, 3.63) is 173 Å². The Morgan fingerprint density at radius 2 is 1.13 bits per heavy atom. The number of nitrogens with one attached hydrogen (secondary N) is 1. The molecule has 0 aromatic heterocycles. The molecule has 1 N–H and O–H groups in total. The molecule has 1 aliphatic heterocycles. The van der Waals surface area contributed by atoms with E-state index in [0.29, 0.717) is 11.3 Å². The SMILES string of the molecule is COc1ccc(C(OCC(CNC(=O)OC(C)(C)C)(COC(=O)c2ccccc2)CN2C(=O)c3ccccc3C2=O)(c2ccccc2)c2ccccc2)cc1. The van der Waals surface area contributed by atoms with E-state index in [0.717, 1.165) is 21.6 Å². The van der Waals surface area contributed by atoms with Crippen LogP contribution in [-0.4, -0.2) is 67.8 Å². The summed E-state index contributed by atoms with van der Waals surface area (Å²) in [6.45, 7) is 4.16. The second-order valence-corrected chi connectivity index (χ2v) is 14.5. The number of carbonyl (C=O) groups excluding carboxylic acids is 4. The number of benzene rings is 5. The number of ether oxygens (including phenoxy) is 4. The number of nitrogens with zero attached hydrogens (tertiary/aromatic N) is 1. The van der Waals surface area contributed by atoms with Gasteiger partial charge in [0.25, 0.3) is 11.8 Å². The van der Waals surface area contributed by atoms with Gasteiger partial charge in [0.2, 0.25) is 0 Å². The second-order valence-electron chi connectivity index (χ2n) is 14.5. The summed E-state index contributed by atoms with van der Waals surface area (Å²) in [6, 6.07) is 41.9. The lowest BCUT2D eigenvalue weighted by Crippen LogP contribution is -2.54. The number of hydrogen-bond donors (Lipinski definition) is 1. The van der Waals surface area contributed by atoms with Gasteiger partial charge in [-0.2, -0.15) is 0 Å². The summed E-state index contributed by atoms with van der Waals surface area (Å²) in [5.41, 5.74) is -0.399. The maximum absolute atomic E-state index is 13.9. The third-order valence-corrected chi connectivity index (χ3v) is 9.35. The Morgan fingerprint density at radius 3 is 1.64 bits per heavy atom. The van der Waals surface area contributed by atoms with E-state index in [9.17, 15) is 19.2 Å². The van der Waals surface area contributed by atoms with Crippen molar-refractivity contribution in [3.8, 4) is 5.75 Å². The van der Waals surface area contributed by atoms with Crippen LogP contribution in [0.5, 0.6) is 5.75 Å². The lowest BCUT2D eigenvalue weighted by Gasteiger charge is -2.42. The van der Waals surface area contributed by atoms with Gasteiger partial charge in [0.15, 0.2) is 0 Å². The molecule has 0 saturated heterocycles. The van der Waals surface area contributed by atoms with Crippen molar-refractivity contribution in [2.75, 3.05) is 33.4 Å². The van der Waals surface area contributed by atoms with Crippen LogP contribution in [-0.2, 0) is 19.8 Å². The third kappa shape index (κ3) is 8.60. The summed E-state index contributed by atoms with van der Waals surface area (Å²) in [7, 11) is 1.59. The summed E-state index contributed by atoms with van der Waals surface area (Å²) in [4.78, 5) is 55.8. The summed E-state index contributed by atoms with van der Waals surface area (Å²) in [5.74, 6) is -1.00. The fourth-order valence-corrected chi connectivity index (χ4v) is 6.64. The number of rotatable bonds is 14. The molecule has 0 aliphatic carbocycles. The Kier molecular flexibility index (Phi) is 11.5. The van der Waals surface area contributed by atoms with Crippen LogP contribution >= 0.6 is 0 Å². The minimum Gasteiger partial charge on any atom is -0.497 e. The van der Waals surface area contributed by atoms with Crippen molar-refractivity contribution in [1.29, 1.82) is 0 Å². The average Bonchev–Trinajstić information content (AvgIpc) is 3.44. The van der Waals surface area contributed by atoms with Gasteiger partial charge in [-0.15, -0.1) is 0 Å². The van der Waals surface area contributed by atoms with E-state index in [1.54, 1.807) is 82.5 Å². The molecular formula is C45H44N2O8. The minimum atomic E-state index is -1.42. The molecule has 0 saturated carbocycles. The summed E-state index contributed by atoms with van der Waals surface area (Å²) in [5, 5.41) is 2.84. The van der Waals surface area contributed by atoms with Crippen LogP contribution in [0.15, 0.2) is 140 Å². The maximum Gasteiger partial charge on any atom is 0.407 e. The van der Waals surface area contributed by atoms with Crippen LogP contribution in [0.4, 0.5) is 4.79 Å². The largest absolute Gasteiger partial charge is 0.497 e. The number of imide groups is 1. The summed E-state index contributed by atoms with van der Waals surface area (Å²) in [6.07, 6.45) is -0.735. The predicted octanol–water partition coefficient (Wildman–Crippen LogP) is 7.67. The van der Waals surface area contributed by atoms with Crippen molar-refractivity contribution in [2.24, 2.45) is 5.41 Å². The fraction of sp³-hybridized carbons (Fsp3) is 0.244. The van der Waals surface area contributed by atoms with Crippen LogP contribution in [0.2, 0.25) is 0 Å². The van der Waals surface area contributed by atoms with Gasteiger partial charge in [-0.3, -0.25) is 14.5 Å². The molecule has 0 spiro atoms. The van der Waals surface area contributed by atoms with E-state index in [-0.39, 0.29) is 37.4 Å². The van der Waals surface area contributed by atoms with Gasteiger partial charge in [-0.1, -0.05) is 103 Å². The second kappa shape index (κ2) is 16.4. The van der Waals surface area contributed by atoms with Gasteiger partial charge in [0.1, 0.15) is 23.6 Å². The molecule has 3 amide bonds. The lowest BCUT2D eigenvalue weighted by molar-refractivity contribution is -0.0682. The Morgan fingerprint density at radius 1 is 0.636 bits per heavy atom. The van der Waals surface area contributed by atoms with E-state index < -0.39 is 40.5 Å². The van der Waals surface area contributed by atoms with Crippen molar-refractivity contribution in [2.45, 2.75) is 32.0 Å². The topological polar surface area (TPSA) is 120 Å². The zero-order valence-corrected chi connectivity index (χ0v) is 31.3. The molecule has 0 radical (unpaired) electrons. The van der Waals surface area contributed by atoms with E-state index in [2.05, 4.69) is 5.32 Å². The van der Waals surface area contributed by atoms with Crippen molar-refractivity contribution in [3.63, 3.8) is 0 Å². The molecule has 282 valence electrons. The van der Waals surface area contributed by atoms with E-state index in [4.69, 9.17) is 18.9 Å². The Bertz CT molecular complexity index is 2040. The molecule has 1 atom stereocenters. The highest BCUT2D eigenvalue weighted by Crippen LogP contribution is 2.43. The highest BCUT2D eigenvalue weighted by atomic mass is 16.6. The van der Waals surface area contributed by atoms with Crippen LogP contribution in [0, 0.1) is 5.41 Å². The molecule has 1 aliphatic rings. The molecule has 10 heteroatoms. The van der Waals surface area contributed by atoms with E-state index in [1.165, 1.54) is 0 Å². The molecule has 5 aromatic rings. The maximum atomic E-state index is 13.9. The zero-order chi connectivity index (χ0) is 39.1. The summed E-state index contributed by atoms with van der Waals surface area (Å²) >= 11 is 0. The van der Waals surface area contributed by atoms with Gasteiger partial charge in [-0.25, -0.2) is 9.59 Å². The van der Waals surface area contributed by atoms with Crippen molar-refractivity contribution >= 4 is 23.9 Å². The van der Waals surface area contributed by atoms with Gasteiger partial charge < -0.3 is 24.3 Å². The fourth-order valence-electron chi connectivity index (χ4n) is 6.64. The number of hydrogen-bond acceptors (Lipinski definition) is 8. The Balaban J connectivity index is 1.49. The van der Waals surface area contributed by atoms with Crippen LogP contribution in [0.1, 0.15) is 68.5 Å². The number of amides is 3. The first kappa shape index (κ1) is 38.5. The van der Waals surface area contributed by atoms with Gasteiger partial charge >= 0.3 is 12.1 Å². The first-order chi connectivity index (χ1) is 26.4. The average molecular weight is 741 g/mol. The van der Waals surface area contributed by atoms with Crippen molar-refractivity contribution < 1.29 is 38.1 Å². The highest BCUT2D eigenvalue weighted by molar-refractivity contribution is 6.21. The molecule has 5 aromatic carbocycles. The smallest absolute Gasteiger partial charge is 0.407 e. The molecule has 1 heterocycles. The van der Waals surface area contributed by atoms with Gasteiger partial charge in [0, 0.05) is 13.1 Å². The first-order valence-corrected chi connectivity index (χ1v) is 18.0. The molecule has 10 nitrogen and oxygen atoms in total. The number of carbonyl (C=O) groups is 4. The summed E-state index contributed by atoms with van der Waals surface area (Å²) < 4.78 is 24.4. The molecule has 1 unspecified atom stereocenters. The lowest BCUT2D eigenvalue weighted by atomic mass is 9.79. The zero-order valence-electron chi connectivity index (χ0n) is 31.3. The highest BCUT2D eigenvalue weighted by Gasteiger charge is 2.47. The predicted molar refractivity (Wildman–Crippen MR) is 207 cm³/mol. The molecule has 6 rings (SSSR count). The molecule has 0 fully saturated rings. The molecule has 0 bridgehead atoms. The van der Waals surface area contributed by atoms with Crippen LogP contribution < -0.4 is 10.1 Å². The molecular weight excluding hydrogens is 697 g/mol. The normalized spacial score (nSPS) is 13.8. The Labute approximate surface area is 321 Å². The third-order valence-electron chi connectivity index (χ3n) is 9.35. The van der Waals surface area contributed by atoms with Crippen LogP contribution in [0.25, 0.3) is 0 Å². The number of esters is 1.